The van der Waals surface area contributed by atoms with E-state index in [4.69, 9.17) is 42.5 Å². The summed E-state index contributed by atoms with van der Waals surface area (Å²) in [6.45, 7) is 3.29. The van der Waals surface area contributed by atoms with Crippen molar-refractivity contribution >= 4 is 35.1 Å². The average molecular weight is 567 g/mol. The van der Waals surface area contributed by atoms with E-state index >= 15 is 0 Å². The zero-order valence-electron chi connectivity index (χ0n) is 21.3. The van der Waals surface area contributed by atoms with Crippen molar-refractivity contribution in [3.05, 3.63) is 51.5 Å². The number of piperidine rings is 1. The molecular formula is C27H32Cl2N2O7. The molecule has 2 atom stereocenters. The lowest BCUT2D eigenvalue weighted by Gasteiger charge is -2.39. The van der Waals surface area contributed by atoms with Gasteiger partial charge in [0.15, 0.2) is 0 Å². The number of benzene rings is 2. The summed E-state index contributed by atoms with van der Waals surface area (Å²) in [4.78, 5) is 25.6. The number of carboxylic acid groups (broad SMARTS) is 1. The number of likely N-dealkylation sites (tertiary alicyclic amines) is 1. The molecule has 0 aliphatic carbocycles. The van der Waals surface area contributed by atoms with Crippen LogP contribution < -0.4 is 19.5 Å². The van der Waals surface area contributed by atoms with E-state index < -0.39 is 23.9 Å². The molecule has 2 aromatic rings. The van der Waals surface area contributed by atoms with Crippen LogP contribution in [0.15, 0.2) is 30.3 Å². The van der Waals surface area contributed by atoms with Gasteiger partial charge in [-0.3, -0.25) is 9.59 Å². The maximum absolute atomic E-state index is 12.4. The van der Waals surface area contributed by atoms with Gasteiger partial charge in [0.25, 0.3) is 5.91 Å². The topological polar surface area (TPSA) is 118 Å². The number of amides is 1. The van der Waals surface area contributed by atoms with Crippen LogP contribution in [0.1, 0.15) is 35.7 Å². The number of nitrogens with zero attached hydrogens (tertiary/aromatic N) is 1. The predicted octanol–water partition coefficient (Wildman–Crippen LogP) is 3.66. The Bertz CT molecular complexity index is 1180. The largest absolute Gasteiger partial charge is 0.491 e. The Morgan fingerprint density at radius 1 is 1.13 bits per heavy atom. The molecule has 1 fully saturated rings. The monoisotopic (exact) mass is 566 g/mol. The number of fused-ring (bicyclic) bond motifs is 1. The molecule has 9 nitrogen and oxygen atoms in total. The van der Waals surface area contributed by atoms with Crippen LogP contribution in [-0.4, -0.2) is 78.6 Å². The molecule has 1 spiro atoms. The second-order valence-electron chi connectivity index (χ2n) is 9.89. The van der Waals surface area contributed by atoms with Crippen LogP contribution in [0.25, 0.3) is 0 Å². The van der Waals surface area contributed by atoms with Crippen molar-refractivity contribution in [3.8, 4) is 17.2 Å². The van der Waals surface area contributed by atoms with Gasteiger partial charge in [0.1, 0.15) is 42.2 Å². The van der Waals surface area contributed by atoms with Gasteiger partial charge < -0.3 is 34.6 Å². The van der Waals surface area contributed by atoms with E-state index in [2.05, 4.69) is 10.2 Å². The molecule has 4 rings (SSSR count). The van der Waals surface area contributed by atoms with Crippen molar-refractivity contribution in [1.29, 1.82) is 0 Å². The van der Waals surface area contributed by atoms with Crippen molar-refractivity contribution in [3.63, 3.8) is 0 Å². The van der Waals surface area contributed by atoms with Gasteiger partial charge in [0.2, 0.25) is 0 Å². The van der Waals surface area contributed by atoms with E-state index in [0.717, 1.165) is 43.7 Å². The molecule has 0 aromatic heterocycles. The van der Waals surface area contributed by atoms with Gasteiger partial charge in [0, 0.05) is 57.0 Å². The Morgan fingerprint density at radius 2 is 1.84 bits per heavy atom. The Morgan fingerprint density at radius 3 is 2.53 bits per heavy atom. The molecule has 38 heavy (non-hydrogen) atoms. The van der Waals surface area contributed by atoms with Crippen LogP contribution in [0, 0.1) is 5.92 Å². The van der Waals surface area contributed by atoms with Gasteiger partial charge in [-0.1, -0.05) is 23.2 Å². The van der Waals surface area contributed by atoms with E-state index in [1.54, 1.807) is 0 Å². The summed E-state index contributed by atoms with van der Waals surface area (Å²) in [6.07, 6.45) is 1.69. The fraction of sp³-hybridized carbons (Fsp3) is 0.481. The number of aliphatic hydroxyl groups excluding tert-OH is 1. The highest BCUT2D eigenvalue weighted by Gasteiger charge is 2.42. The fourth-order valence-electron chi connectivity index (χ4n) is 4.72. The number of rotatable bonds is 10. The van der Waals surface area contributed by atoms with Gasteiger partial charge in [-0.15, -0.1) is 0 Å². The first-order chi connectivity index (χ1) is 18.1. The van der Waals surface area contributed by atoms with Gasteiger partial charge in [0.05, 0.1) is 16.5 Å². The number of aliphatic carboxylic acids is 1. The zero-order valence-corrected chi connectivity index (χ0v) is 22.8. The molecule has 0 saturated carbocycles. The number of aliphatic hydroxyl groups is 1. The molecule has 0 bridgehead atoms. The lowest BCUT2D eigenvalue weighted by atomic mass is 9.87. The normalized spacial score (nSPS) is 17.8. The van der Waals surface area contributed by atoms with Crippen LogP contribution in [0.3, 0.4) is 0 Å². The van der Waals surface area contributed by atoms with Crippen molar-refractivity contribution < 1.29 is 34.0 Å². The number of hydrogen-bond acceptors (Lipinski definition) is 7. The van der Waals surface area contributed by atoms with Crippen molar-refractivity contribution in [2.24, 2.45) is 5.92 Å². The van der Waals surface area contributed by atoms with Gasteiger partial charge in [-0.2, -0.15) is 0 Å². The van der Waals surface area contributed by atoms with Crippen molar-refractivity contribution in [1.82, 2.24) is 10.2 Å². The summed E-state index contributed by atoms with van der Waals surface area (Å²) in [5.41, 5.74) is 1.09. The van der Waals surface area contributed by atoms with Crippen LogP contribution in [-0.2, 0) is 11.2 Å². The van der Waals surface area contributed by atoms with Crippen LogP contribution in [0.5, 0.6) is 17.2 Å². The summed E-state index contributed by atoms with van der Waals surface area (Å²) in [6, 6.07) is 8.58. The first-order valence-electron chi connectivity index (χ1n) is 12.5. The smallest absolute Gasteiger partial charge is 0.309 e. The number of carbonyl (C=O) groups is 2. The number of carbonyl (C=O) groups excluding carboxylic acids is 1. The van der Waals surface area contributed by atoms with Gasteiger partial charge in [-0.25, -0.2) is 0 Å². The number of hydrogen-bond donors (Lipinski definition) is 3. The molecule has 11 heteroatoms. The van der Waals surface area contributed by atoms with E-state index in [-0.39, 0.29) is 40.9 Å². The number of carboxylic acids is 1. The highest BCUT2D eigenvalue weighted by molar-refractivity contribution is 6.32. The Kier molecular flexibility index (Phi) is 8.92. The van der Waals surface area contributed by atoms with Crippen LogP contribution in [0.4, 0.5) is 0 Å². The lowest BCUT2D eigenvalue weighted by molar-refractivity contribution is -0.142. The molecule has 3 N–H and O–H groups in total. The van der Waals surface area contributed by atoms with Gasteiger partial charge >= 0.3 is 5.97 Å². The molecule has 2 aromatic carbocycles. The number of ether oxygens (including phenoxy) is 3. The first-order valence-corrected chi connectivity index (χ1v) is 13.3. The Hall–Kier alpha value is -2.72. The summed E-state index contributed by atoms with van der Waals surface area (Å²) < 4.78 is 17.7. The maximum atomic E-state index is 12.4. The van der Waals surface area contributed by atoms with E-state index in [1.807, 2.05) is 18.2 Å². The van der Waals surface area contributed by atoms with Gasteiger partial charge in [-0.05, 0) is 36.8 Å². The standard InChI is InChI=1S/C27H32Cl2N2O7/c1-16(26(34)35)14-36-24-11-23(20(10-21(24)29)25(33)30-2)37-15-19(32)13-31-7-5-27(6-8-31)12-17-9-18(28)3-4-22(17)38-27/h3-4,9-11,16,19,32H,5-8,12-15H2,1-2H3,(H,30,33)(H,34,35)/t16?,19-/m1/s1. The summed E-state index contributed by atoms with van der Waals surface area (Å²) in [7, 11) is 1.48. The highest BCUT2D eigenvalue weighted by atomic mass is 35.5. The molecule has 1 unspecified atom stereocenters. The van der Waals surface area contributed by atoms with Crippen molar-refractivity contribution in [2.45, 2.75) is 37.9 Å². The van der Waals surface area contributed by atoms with Crippen molar-refractivity contribution in [2.75, 3.05) is 39.9 Å². The second kappa shape index (κ2) is 12.0. The third kappa shape index (κ3) is 6.64. The Labute approximate surface area is 231 Å². The molecular weight excluding hydrogens is 535 g/mol. The molecule has 2 aliphatic rings. The summed E-state index contributed by atoms with van der Waals surface area (Å²) >= 11 is 12.4. The van der Waals surface area contributed by atoms with Crippen LogP contribution >= 0.6 is 23.2 Å². The number of nitrogens with one attached hydrogen (secondary N) is 1. The Balaban J connectivity index is 1.33. The third-order valence-electron chi connectivity index (χ3n) is 6.95. The third-order valence-corrected chi connectivity index (χ3v) is 7.48. The second-order valence-corrected chi connectivity index (χ2v) is 10.7. The van der Waals surface area contributed by atoms with Crippen LogP contribution in [0.2, 0.25) is 10.0 Å². The predicted molar refractivity (Wildman–Crippen MR) is 143 cm³/mol. The quantitative estimate of drug-likeness (QED) is 0.399. The molecule has 2 aliphatic heterocycles. The average Bonchev–Trinajstić information content (AvgIpc) is 3.24. The zero-order chi connectivity index (χ0) is 27.4. The summed E-state index contributed by atoms with van der Waals surface area (Å²) in [5, 5.41) is 23.2. The first kappa shape index (κ1) is 28.3. The lowest BCUT2D eigenvalue weighted by Crippen LogP contribution is -2.49. The van der Waals surface area contributed by atoms with E-state index in [1.165, 1.54) is 26.1 Å². The fourth-order valence-corrected chi connectivity index (χ4v) is 5.14. The molecule has 206 valence electrons. The SMILES string of the molecule is CNC(=O)c1cc(Cl)c(OCC(C)C(=O)O)cc1OC[C@H](O)CN1CCC2(CC1)Cc1cc(Cl)ccc1O2. The number of halogens is 2. The molecule has 0 radical (unpaired) electrons. The van der Waals surface area contributed by atoms with E-state index in [0.29, 0.717) is 11.6 Å². The minimum atomic E-state index is -1.00. The maximum Gasteiger partial charge on any atom is 0.309 e. The molecule has 2 heterocycles. The minimum absolute atomic E-state index is 0.0569. The van der Waals surface area contributed by atoms with E-state index in [9.17, 15) is 14.7 Å². The minimum Gasteiger partial charge on any atom is -0.491 e. The summed E-state index contributed by atoms with van der Waals surface area (Å²) in [5.74, 6) is -0.897. The highest BCUT2D eigenvalue weighted by Crippen LogP contribution is 2.42. The molecule has 1 amide bonds. The number of β-amino-alcohol motifs (C(OH)–C–C–N with tert-alkyl or cyclic N) is 1. The molecule has 1 saturated heterocycles.